The van der Waals surface area contributed by atoms with Crippen LogP contribution in [0.5, 0.6) is 0 Å². The predicted octanol–water partition coefficient (Wildman–Crippen LogP) is 1.31. The Labute approximate surface area is 127 Å². The summed E-state index contributed by atoms with van der Waals surface area (Å²) in [5.74, 6) is 0.0465. The number of anilines is 1. The average molecular weight is 318 g/mol. The molecule has 1 aromatic rings. The van der Waals surface area contributed by atoms with Crippen LogP contribution in [0.4, 0.5) is 5.82 Å². The zero-order valence-corrected chi connectivity index (χ0v) is 14.1. The standard InChI is InChI=1S/C13H26N4O3S/c1-5-11(6-2)17(8-9-20-4)21(18,19)12-10-16(7-3)15-13(12)14/h10-11H,5-9H2,1-4H3,(H2,14,15). The second-order valence-corrected chi connectivity index (χ2v) is 6.67. The van der Waals surface area contributed by atoms with E-state index in [2.05, 4.69) is 5.10 Å². The van der Waals surface area contributed by atoms with Crippen LogP contribution in [0, 0.1) is 0 Å². The number of nitrogens with two attached hydrogens (primary N) is 1. The van der Waals surface area contributed by atoms with Gasteiger partial charge in [-0.3, -0.25) is 4.68 Å². The number of ether oxygens (including phenoxy) is 1. The van der Waals surface area contributed by atoms with Gasteiger partial charge in [0.1, 0.15) is 4.90 Å². The third-order valence-corrected chi connectivity index (χ3v) is 5.50. The van der Waals surface area contributed by atoms with Gasteiger partial charge in [0.05, 0.1) is 6.61 Å². The van der Waals surface area contributed by atoms with E-state index in [9.17, 15) is 8.42 Å². The lowest BCUT2D eigenvalue weighted by Gasteiger charge is -2.29. The molecular weight excluding hydrogens is 292 g/mol. The fourth-order valence-electron chi connectivity index (χ4n) is 2.28. The van der Waals surface area contributed by atoms with Gasteiger partial charge in [-0.15, -0.1) is 0 Å². The van der Waals surface area contributed by atoms with E-state index in [0.29, 0.717) is 19.7 Å². The van der Waals surface area contributed by atoms with Crippen LogP contribution >= 0.6 is 0 Å². The number of hydrogen-bond donors (Lipinski definition) is 1. The van der Waals surface area contributed by atoms with Crippen molar-refractivity contribution in [1.29, 1.82) is 0 Å². The molecule has 0 amide bonds. The summed E-state index contributed by atoms with van der Waals surface area (Å²) in [7, 11) is -2.11. The number of aryl methyl sites for hydroxylation is 1. The average Bonchev–Trinajstić information content (AvgIpc) is 2.85. The molecule has 21 heavy (non-hydrogen) atoms. The number of rotatable bonds is 9. The Hall–Kier alpha value is -1.12. The zero-order valence-electron chi connectivity index (χ0n) is 13.2. The fraction of sp³-hybridized carbons (Fsp3) is 0.769. The first-order valence-electron chi connectivity index (χ1n) is 7.25. The van der Waals surface area contributed by atoms with E-state index >= 15 is 0 Å². The molecule has 1 heterocycles. The normalized spacial score (nSPS) is 12.5. The summed E-state index contributed by atoms with van der Waals surface area (Å²) in [4.78, 5) is 0.0763. The van der Waals surface area contributed by atoms with Crippen LogP contribution in [0.1, 0.15) is 33.6 Å². The van der Waals surface area contributed by atoms with Crippen molar-refractivity contribution >= 4 is 15.8 Å². The highest BCUT2D eigenvalue weighted by molar-refractivity contribution is 7.89. The minimum Gasteiger partial charge on any atom is -0.383 e. The van der Waals surface area contributed by atoms with Crippen LogP contribution in [0.3, 0.4) is 0 Å². The Balaban J connectivity index is 3.21. The molecule has 0 saturated carbocycles. The number of methoxy groups -OCH3 is 1. The second kappa shape index (κ2) is 7.77. The van der Waals surface area contributed by atoms with Gasteiger partial charge in [0.2, 0.25) is 10.0 Å². The quantitative estimate of drug-likeness (QED) is 0.741. The van der Waals surface area contributed by atoms with Crippen molar-refractivity contribution in [3.05, 3.63) is 6.20 Å². The highest BCUT2D eigenvalue weighted by atomic mass is 32.2. The van der Waals surface area contributed by atoms with E-state index in [0.717, 1.165) is 12.8 Å². The monoisotopic (exact) mass is 318 g/mol. The van der Waals surface area contributed by atoms with E-state index in [4.69, 9.17) is 10.5 Å². The van der Waals surface area contributed by atoms with Gasteiger partial charge < -0.3 is 10.5 Å². The molecule has 7 nitrogen and oxygen atoms in total. The van der Waals surface area contributed by atoms with E-state index in [1.807, 2.05) is 20.8 Å². The summed E-state index contributed by atoms with van der Waals surface area (Å²) in [5, 5.41) is 4.03. The molecule has 0 bridgehead atoms. The highest BCUT2D eigenvalue weighted by Gasteiger charge is 2.32. The Kier molecular flexibility index (Phi) is 6.63. The van der Waals surface area contributed by atoms with E-state index in [-0.39, 0.29) is 16.8 Å². The molecule has 0 fully saturated rings. The van der Waals surface area contributed by atoms with Gasteiger partial charge in [-0.05, 0) is 19.8 Å². The first-order valence-corrected chi connectivity index (χ1v) is 8.69. The number of nitrogen functional groups attached to an aromatic ring is 1. The molecule has 0 aromatic carbocycles. The lowest BCUT2D eigenvalue weighted by Crippen LogP contribution is -2.41. The summed E-state index contributed by atoms with van der Waals surface area (Å²) in [5.41, 5.74) is 5.78. The summed E-state index contributed by atoms with van der Waals surface area (Å²) in [6, 6.07) is -0.0745. The van der Waals surface area contributed by atoms with E-state index in [1.54, 1.807) is 7.11 Å². The zero-order chi connectivity index (χ0) is 16.0. The molecule has 0 aliphatic heterocycles. The van der Waals surface area contributed by atoms with Crippen molar-refractivity contribution in [2.45, 2.75) is 51.1 Å². The van der Waals surface area contributed by atoms with Crippen molar-refractivity contribution in [3.8, 4) is 0 Å². The molecule has 1 rings (SSSR count). The maximum atomic E-state index is 12.9. The fourth-order valence-corrected chi connectivity index (χ4v) is 4.10. The maximum Gasteiger partial charge on any atom is 0.248 e. The summed E-state index contributed by atoms with van der Waals surface area (Å²) < 4.78 is 33.8. The molecule has 0 aliphatic carbocycles. The maximum absolute atomic E-state index is 12.9. The summed E-state index contributed by atoms with van der Waals surface area (Å²) >= 11 is 0. The number of hydrogen-bond acceptors (Lipinski definition) is 5. The number of aromatic nitrogens is 2. The van der Waals surface area contributed by atoms with Crippen LogP contribution < -0.4 is 5.73 Å². The molecule has 0 atom stereocenters. The van der Waals surface area contributed by atoms with Gasteiger partial charge in [-0.2, -0.15) is 9.40 Å². The summed E-state index contributed by atoms with van der Waals surface area (Å²) in [6.45, 7) is 7.05. The largest absolute Gasteiger partial charge is 0.383 e. The van der Waals surface area contributed by atoms with Crippen molar-refractivity contribution in [1.82, 2.24) is 14.1 Å². The molecule has 8 heteroatoms. The van der Waals surface area contributed by atoms with Crippen LogP contribution in [0.15, 0.2) is 11.1 Å². The Morgan fingerprint density at radius 1 is 1.38 bits per heavy atom. The SMILES string of the molecule is CCC(CC)N(CCOC)S(=O)(=O)c1cn(CC)nc1N. The molecular formula is C13H26N4O3S. The molecule has 1 aromatic heterocycles. The Morgan fingerprint density at radius 3 is 2.43 bits per heavy atom. The predicted molar refractivity (Wildman–Crippen MR) is 82.5 cm³/mol. The van der Waals surface area contributed by atoms with Crippen molar-refractivity contribution in [3.63, 3.8) is 0 Å². The second-order valence-electron chi connectivity index (χ2n) is 4.81. The molecule has 0 saturated heterocycles. The van der Waals surface area contributed by atoms with Gasteiger partial charge in [0.15, 0.2) is 5.82 Å². The third kappa shape index (κ3) is 3.96. The van der Waals surface area contributed by atoms with E-state index < -0.39 is 10.0 Å². The molecule has 122 valence electrons. The Morgan fingerprint density at radius 2 is 2.00 bits per heavy atom. The molecule has 0 spiro atoms. The third-order valence-electron chi connectivity index (χ3n) is 3.53. The van der Waals surface area contributed by atoms with Gasteiger partial charge in [0.25, 0.3) is 0 Å². The van der Waals surface area contributed by atoms with Crippen molar-refractivity contribution in [2.24, 2.45) is 0 Å². The van der Waals surface area contributed by atoms with Gasteiger partial charge in [-0.1, -0.05) is 13.8 Å². The smallest absolute Gasteiger partial charge is 0.248 e. The molecule has 0 unspecified atom stereocenters. The van der Waals surface area contributed by atoms with Crippen LogP contribution in [0.2, 0.25) is 0 Å². The minimum absolute atomic E-state index is 0.0465. The first-order chi connectivity index (χ1) is 9.92. The van der Waals surface area contributed by atoms with Gasteiger partial charge >= 0.3 is 0 Å². The molecule has 2 N–H and O–H groups in total. The van der Waals surface area contributed by atoms with Crippen molar-refractivity contribution < 1.29 is 13.2 Å². The van der Waals surface area contributed by atoms with E-state index in [1.165, 1.54) is 15.2 Å². The number of sulfonamides is 1. The van der Waals surface area contributed by atoms with Gasteiger partial charge in [-0.25, -0.2) is 8.42 Å². The van der Waals surface area contributed by atoms with Crippen LogP contribution in [0.25, 0.3) is 0 Å². The number of nitrogens with zero attached hydrogens (tertiary/aromatic N) is 3. The van der Waals surface area contributed by atoms with Gasteiger partial charge in [0, 0.05) is 32.4 Å². The first kappa shape index (κ1) is 17.9. The topological polar surface area (TPSA) is 90.5 Å². The van der Waals surface area contributed by atoms with Crippen molar-refractivity contribution in [2.75, 3.05) is 26.0 Å². The lowest BCUT2D eigenvalue weighted by atomic mass is 10.2. The lowest BCUT2D eigenvalue weighted by molar-refractivity contribution is 0.163. The van der Waals surface area contributed by atoms with Crippen LogP contribution in [-0.2, 0) is 21.3 Å². The molecule has 0 radical (unpaired) electrons. The highest BCUT2D eigenvalue weighted by Crippen LogP contribution is 2.25. The molecule has 0 aliphatic rings. The minimum atomic E-state index is -3.67. The summed E-state index contributed by atoms with van der Waals surface area (Å²) in [6.07, 6.45) is 2.97. The van der Waals surface area contributed by atoms with Crippen LogP contribution in [-0.4, -0.2) is 48.8 Å². The Bertz CT molecular complexity index is 538.